The molecule has 0 bridgehead atoms. The maximum absolute atomic E-state index is 3.73. The molecule has 0 amide bonds. The highest BCUT2D eigenvalue weighted by Crippen LogP contribution is 2.30. The lowest BCUT2D eigenvalue weighted by Gasteiger charge is -2.33. The first-order valence-electron chi connectivity index (χ1n) is 8.07. The molecule has 0 radical (unpaired) electrons. The van der Waals surface area contributed by atoms with E-state index in [1.54, 1.807) is 0 Å². The highest BCUT2D eigenvalue weighted by molar-refractivity contribution is 5.55. The van der Waals surface area contributed by atoms with Crippen molar-refractivity contribution in [2.75, 3.05) is 10.6 Å². The number of para-hydroxylation sites is 2. The minimum atomic E-state index is 0.600. The molecule has 0 saturated heterocycles. The molecule has 2 N–H and O–H groups in total. The van der Waals surface area contributed by atoms with Crippen LogP contribution in [0.2, 0.25) is 0 Å². The molecule has 2 unspecified atom stereocenters. The zero-order valence-electron chi connectivity index (χ0n) is 12.3. The second-order valence-corrected chi connectivity index (χ2v) is 6.31. The van der Waals surface area contributed by atoms with Gasteiger partial charge in [-0.2, -0.15) is 0 Å². The molecule has 21 heavy (non-hydrogen) atoms. The van der Waals surface area contributed by atoms with Crippen molar-refractivity contribution in [2.24, 2.45) is 0 Å². The van der Waals surface area contributed by atoms with Crippen LogP contribution in [0.4, 0.5) is 11.4 Å². The second-order valence-electron chi connectivity index (χ2n) is 6.31. The summed E-state index contributed by atoms with van der Waals surface area (Å²) in [4.78, 5) is 0. The highest BCUT2D eigenvalue weighted by atomic mass is 15.0. The fourth-order valence-electron chi connectivity index (χ4n) is 3.70. The van der Waals surface area contributed by atoms with Crippen molar-refractivity contribution in [2.45, 2.75) is 44.2 Å². The van der Waals surface area contributed by atoms with Gasteiger partial charge in [-0.05, 0) is 55.4 Å². The van der Waals surface area contributed by atoms with Gasteiger partial charge >= 0.3 is 0 Å². The van der Waals surface area contributed by atoms with E-state index >= 15 is 0 Å². The van der Waals surface area contributed by atoms with Gasteiger partial charge in [0.15, 0.2) is 0 Å². The SMILES string of the molecule is c1ccc2c(c1)CCC(CC1CCc3ccccc3N1)N2. The lowest BCUT2D eigenvalue weighted by atomic mass is 9.90. The van der Waals surface area contributed by atoms with Gasteiger partial charge in [-0.15, -0.1) is 0 Å². The predicted molar refractivity (Wildman–Crippen MR) is 89.0 cm³/mol. The Morgan fingerprint density at radius 1 is 0.714 bits per heavy atom. The molecule has 2 aromatic carbocycles. The fraction of sp³-hybridized carbons (Fsp3) is 0.368. The van der Waals surface area contributed by atoms with E-state index in [0.717, 1.165) is 0 Å². The van der Waals surface area contributed by atoms with E-state index in [1.165, 1.54) is 54.6 Å². The number of benzene rings is 2. The third-order valence-corrected chi connectivity index (χ3v) is 4.85. The highest BCUT2D eigenvalue weighted by Gasteiger charge is 2.23. The van der Waals surface area contributed by atoms with Crippen molar-refractivity contribution >= 4 is 11.4 Å². The molecule has 2 aliphatic heterocycles. The number of hydrogen-bond acceptors (Lipinski definition) is 2. The zero-order chi connectivity index (χ0) is 14.1. The van der Waals surface area contributed by atoms with Gasteiger partial charge in [0.25, 0.3) is 0 Å². The smallest absolute Gasteiger partial charge is 0.0374 e. The molecule has 0 aliphatic carbocycles. The van der Waals surface area contributed by atoms with E-state index < -0.39 is 0 Å². The number of rotatable bonds is 2. The molecule has 4 rings (SSSR count). The Kier molecular flexibility index (Phi) is 3.30. The van der Waals surface area contributed by atoms with Crippen LogP contribution in [0.25, 0.3) is 0 Å². The first-order chi connectivity index (χ1) is 10.4. The number of anilines is 2. The summed E-state index contributed by atoms with van der Waals surface area (Å²) in [6.45, 7) is 0. The minimum Gasteiger partial charge on any atom is -0.382 e. The summed E-state index contributed by atoms with van der Waals surface area (Å²) in [6.07, 6.45) is 6.12. The summed E-state index contributed by atoms with van der Waals surface area (Å²) in [5.74, 6) is 0. The second kappa shape index (κ2) is 5.44. The number of nitrogens with one attached hydrogen (secondary N) is 2. The molecule has 2 nitrogen and oxygen atoms in total. The van der Waals surface area contributed by atoms with Gasteiger partial charge in [0.2, 0.25) is 0 Å². The molecule has 2 aromatic rings. The molecule has 0 aromatic heterocycles. The lowest BCUT2D eigenvalue weighted by molar-refractivity contribution is 0.502. The van der Waals surface area contributed by atoms with Crippen molar-refractivity contribution in [3.8, 4) is 0 Å². The molecular weight excluding hydrogens is 256 g/mol. The summed E-state index contributed by atoms with van der Waals surface area (Å²) in [6, 6.07) is 18.6. The van der Waals surface area contributed by atoms with Crippen LogP contribution in [0, 0.1) is 0 Å². The molecule has 0 saturated carbocycles. The van der Waals surface area contributed by atoms with Crippen molar-refractivity contribution in [1.29, 1.82) is 0 Å². The van der Waals surface area contributed by atoms with Gasteiger partial charge in [0.1, 0.15) is 0 Å². The number of fused-ring (bicyclic) bond motifs is 2. The first kappa shape index (κ1) is 12.8. The standard InChI is InChI=1S/C19H22N2/c1-3-7-18-14(5-1)9-11-16(20-18)13-17-12-10-15-6-2-4-8-19(15)21-17/h1-8,16-17,20-21H,9-13H2. The normalized spacial score (nSPS) is 23.4. The fourth-order valence-corrected chi connectivity index (χ4v) is 3.70. The van der Waals surface area contributed by atoms with Gasteiger partial charge in [-0.25, -0.2) is 0 Å². The Morgan fingerprint density at radius 2 is 1.19 bits per heavy atom. The van der Waals surface area contributed by atoms with Crippen LogP contribution in [-0.2, 0) is 12.8 Å². The van der Waals surface area contributed by atoms with E-state index in [0.29, 0.717) is 12.1 Å². The van der Waals surface area contributed by atoms with Crippen LogP contribution in [-0.4, -0.2) is 12.1 Å². The topological polar surface area (TPSA) is 24.1 Å². The van der Waals surface area contributed by atoms with Crippen LogP contribution in [0.1, 0.15) is 30.4 Å². The summed E-state index contributed by atoms with van der Waals surface area (Å²) in [5, 5.41) is 7.46. The zero-order valence-corrected chi connectivity index (χ0v) is 12.3. The summed E-state index contributed by atoms with van der Waals surface area (Å²) in [5.41, 5.74) is 5.61. The maximum atomic E-state index is 3.73. The maximum Gasteiger partial charge on any atom is 0.0374 e. The summed E-state index contributed by atoms with van der Waals surface area (Å²) < 4.78 is 0. The average Bonchev–Trinajstić information content (AvgIpc) is 2.55. The van der Waals surface area contributed by atoms with Gasteiger partial charge in [-0.1, -0.05) is 36.4 Å². The summed E-state index contributed by atoms with van der Waals surface area (Å²) in [7, 11) is 0. The van der Waals surface area contributed by atoms with Crippen LogP contribution < -0.4 is 10.6 Å². The van der Waals surface area contributed by atoms with Gasteiger partial charge < -0.3 is 10.6 Å². The Bertz CT molecular complexity index is 579. The van der Waals surface area contributed by atoms with Crippen LogP contribution in [0.15, 0.2) is 48.5 Å². The van der Waals surface area contributed by atoms with Crippen molar-refractivity contribution in [1.82, 2.24) is 0 Å². The molecule has 108 valence electrons. The number of aryl methyl sites for hydroxylation is 2. The van der Waals surface area contributed by atoms with E-state index in [-0.39, 0.29) is 0 Å². The molecule has 0 spiro atoms. The van der Waals surface area contributed by atoms with E-state index in [1.807, 2.05) is 0 Å². The summed E-state index contributed by atoms with van der Waals surface area (Å²) >= 11 is 0. The molecule has 0 fully saturated rings. The largest absolute Gasteiger partial charge is 0.382 e. The van der Waals surface area contributed by atoms with E-state index in [9.17, 15) is 0 Å². The van der Waals surface area contributed by atoms with E-state index in [2.05, 4.69) is 59.2 Å². The third kappa shape index (κ3) is 2.63. The van der Waals surface area contributed by atoms with Gasteiger partial charge in [0.05, 0.1) is 0 Å². The van der Waals surface area contributed by atoms with E-state index in [4.69, 9.17) is 0 Å². The molecular formula is C19H22N2. The minimum absolute atomic E-state index is 0.600. The monoisotopic (exact) mass is 278 g/mol. The Morgan fingerprint density at radius 3 is 1.71 bits per heavy atom. The lowest BCUT2D eigenvalue weighted by Crippen LogP contribution is -2.35. The molecule has 2 atom stereocenters. The van der Waals surface area contributed by atoms with Crippen LogP contribution in [0.5, 0.6) is 0 Å². The van der Waals surface area contributed by atoms with Crippen molar-refractivity contribution < 1.29 is 0 Å². The Labute approximate surface area is 126 Å². The quantitative estimate of drug-likeness (QED) is 0.859. The Balaban J connectivity index is 1.42. The average molecular weight is 278 g/mol. The van der Waals surface area contributed by atoms with Crippen LogP contribution in [0.3, 0.4) is 0 Å². The predicted octanol–water partition coefficient (Wildman–Crippen LogP) is 4.23. The van der Waals surface area contributed by atoms with Gasteiger partial charge in [0, 0.05) is 23.5 Å². The van der Waals surface area contributed by atoms with Gasteiger partial charge in [-0.3, -0.25) is 0 Å². The third-order valence-electron chi connectivity index (χ3n) is 4.85. The Hall–Kier alpha value is -1.96. The van der Waals surface area contributed by atoms with Crippen molar-refractivity contribution in [3.05, 3.63) is 59.7 Å². The molecule has 2 heteroatoms. The number of hydrogen-bond donors (Lipinski definition) is 2. The molecule has 2 heterocycles. The van der Waals surface area contributed by atoms with Crippen molar-refractivity contribution in [3.63, 3.8) is 0 Å². The first-order valence-corrected chi connectivity index (χ1v) is 8.07. The molecule has 2 aliphatic rings. The van der Waals surface area contributed by atoms with Crippen LogP contribution >= 0.6 is 0 Å².